The summed E-state index contributed by atoms with van der Waals surface area (Å²) in [7, 11) is 0. The molecule has 128 valence electrons. The van der Waals surface area contributed by atoms with Crippen LogP contribution < -0.4 is 5.32 Å². The first-order chi connectivity index (χ1) is 11.7. The summed E-state index contributed by atoms with van der Waals surface area (Å²) in [5.41, 5.74) is 2.66. The van der Waals surface area contributed by atoms with Crippen molar-refractivity contribution in [2.45, 2.75) is 39.0 Å². The van der Waals surface area contributed by atoms with Crippen molar-refractivity contribution < 1.29 is 14.3 Å². The first-order valence-electron chi connectivity index (χ1n) is 8.18. The molecule has 1 fully saturated rings. The monoisotopic (exact) mass is 346 g/mol. The molecule has 1 N–H and O–H groups in total. The summed E-state index contributed by atoms with van der Waals surface area (Å²) >= 11 is 1.48. The first-order valence-corrected chi connectivity index (χ1v) is 9.06. The van der Waals surface area contributed by atoms with Crippen LogP contribution in [0.1, 0.15) is 39.5 Å². The number of rotatable bonds is 6. The molecule has 1 aliphatic rings. The van der Waals surface area contributed by atoms with Crippen LogP contribution >= 0.6 is 11.3 Å². The van der Waals surface area contributed by atoms with Crippen LogP contribution in [0.3, 0.4) is 0 Å². The molecule has 3 rings (SSSR count). The number of benzene rings is 1. The lowest BCUT2D eigenvalue weighted by molar-refractivity contribution is -0.0390. The summed E-state index contributed by atoms with van der Waals surface area (Å²) in [6, 6.07) is 8.13. The van der Waals surface area contributed by atoms with E-state index in [4.69, 9.17) is 9.47 Å². The van der Waals surface area contributed by atoms with Crippen molar-refractivity contribution in [3.05, 3.63) is 51.5 Å². The topological polar surface area (TPSA) is 60.5 Å². The van der Waals surface area contributed by atoms with Gasteiger partial charge in [0.1, 0.15) is 5.69 Å². The zero-order valence-electron chi connectivity index (χ0n) is 13.8. The van der Waals surface area contributed by atoms with Crippen molar-refractivity contribution >= 4 is 17.2 Å². The molecule has 0 spiro atoms. The maximum absolute atomic E-state index is 12.0. The molecule has 2 heterocycles. The smallest absolute Gasteiger partial charge is 0.271 e. The Morgan fingerprint density at radius 1 is 1.38 bits per heavy atom. The van der Waals surface area contributed by atoms with Gasteiger partial charge < -0.3 is 14.8 Å². The second kappa shape index (κ2) is 8.37. The van der Waals surface area contributed by atoms with Crippen molar-refractivity contribution in [1.29, 1.82) is 0 Å². The Bertz CT molecular complexity index is 680. The van der Waals surface area contributed by atoms with Crippen LogP contribution in [0, 0.1) is 6.92 Å². The summed E-state index contributed by atoms with van der Waals surface area (Å²) < 4.78 is 11.3. The Labute approximate surface area is 146 Å². The number of aryl methyl sites for hydroxylation is 1. The van der Waals surface area contributed by atoms with E-state index in [9.17, 15) is 4.79 Å². The molecule has 0 radical (unpaired) electrons. The summed E-state index contributed by atoms with van der Waals surface area (Å²) in [5.74, 6) is -0.136. The quantitative estimate of drug-likeness (QED) is 0.873. The van der Waals surface area contributed by atoms with Gasteiger partial charge in [0.2, 0.25) is 0 Å². The number of hydrogen-bond donors (Lipinski definition) is 1. The maximum Gasteiger partial charge on any atom is 0.271 e. The van der Waals surface area contributed by atoms with Crippen LogP contribution in [-0.4, -0.2) is 30.2 Å². The number of carbonyl (C=O) groups is 1. The number of aromatic nitrogens is 1. The zero-order chi connectivity index (χ0) is 16.8. The van der Waals surface area contributed by atoms with Gasteiger partial charge in [-0.1, -0.05) is 24.3 Å². The molecule has 1 aromatic carbocycles. The molecule has 1 amide bonds. The predicted octanol–water partition coefficient (Wildman–Crippen LogP) is 3.08. The number of nitrogens with one attached hydrogen (secondary N) is 1. The van der Waals surface area contributed by atoms with E-state index in [-0.39, 0.29) is 12.0 Å². The second-order valence-corrected chi connectivity index (χ2v) is 6.94. The van der Waals surface area contributed by atoms with E-state index in [2.05, 4.69) is 22.4 Å². The third kappa shape index (κ3) is 4.87. The molecule has 1 aromatic heterocycles. The number of thiazole rings is 1. The van der Waals surface area contributed by atoms with Gasteiger partial charge in [0.15, 0.2) is 0 Å². The van der Waals surface area contributed by atoms with Gasteiger partial charge in [-0.15, -0.1) is 11.3 Å². The van der Waals surface area contributed by atoms with Crippen molar-refractivity contribution in [2.24, 2.45) is 0 Å². The number of hydrogen-bond acceptors (Lipinski definition) is 5. The molecular formula is C18H22N2O3S. The van der Waals surface area contributed by atoms with E-state index in [1.165, 1.54) is 11.3 Å². The lowest BCUT2D eigenvalue weighted by atomic mass is 10.1. The van der Waals surface area contributed by atoms with Crippen LogP contribution in [0.5, 0.6) is 0 Å². The number of carbonyl (C=O) groups excluding carboxylic acids is 1. The Morgan fingerprint density at radius 2 is 2.17 bits per heavy atom. The summed E-state index contributed by atoms with van der Waals surface area (Å²) in [6.45, 7) is 4.54. The van der Waals surface area contributed by atoms with E-state index in [0.717, 1.165) is 42.2 Å². The molecule has 0 saturated carbocycles. The third-order valence-electron chi connectivity index (χ3n) is 3.95. The van der Waals surface area contributed by atoms with Crippen LogP contribution in [0.2, 0.25) is 0 Å². The van der Waals surface area contributed by atoms with Gasteiger partial charge in [0.05, 0.1) is 17.7 Å². The Kier molecular flexibility index (Phi) is 5.96. The van der Waals surface area contributed by atoms with Gasteiger partial charge in [0.25, 0.3) is 5.91 Å². The van der Waals surface area contributed by atoms with E-state index >= 15 is 0 Å². The lowest BCUT2D eigenvalue weighted by Gasteiger charge is -2.22. The molecule has 2 aromatic rings. The van der Waals surface area contributed by atoms with E-state index in [1.807, 2.05) is 19.1 Å². The van der Waals surface area contributed by atoms with Crippen LogP contribution in [0.4, 0.5) is 0 Å². The van der Waals surface area contributed by atoms with E-state index < -0.39 is 0 Å². The van der Waals surface area contributed by atoms with Gasteiger partial charge in [-0.2, -0.15) is 0 Å². The highest BCUT2D eigenvalue weighted by Gasteiger charge is 2.14. The predicted molar refractivity (Wildman–Crippen MR) is 93.1 cm³/mol. The van der Waals surface area contributed by atoms with Gasteiger partial charge in [-0.3, -0.25) is 4.79 Å². The van der Waals surface area contributed by atoms with Crippen LogP contribution in [0.25, 0.3) is 0 Å². The minimum Gasteiger partial charge on any atom is -0.381 e. The van der Waals surface area contributed by atoms with Crippen molar-refractivity contribution in [3.63, 3.8) is 0 Å². The fraction of sp³-hybridized carbons (Fsp3) is 0.444. The minimum atomic E-state index is -0.136. The molecule has 0 bridgehead atoms. The lowest BCUT2D eigenvalue weighted by Crippen LogP contribution is -2.23. The molecule has 1 saturated heterocycles. The molecule has 24 heavy (non-hydrogen) atoms. The normalized spacial score (nSPS) is 15.4. The van der Waals surface area contributed by atoms with E-state index in [0.29, 0.717) is 18.8 Å². The SMILES string of the molecule is Cc1nc(C(=O)NCc2cccc(COC3CCOCC3)c2)cs1. The van der Waals surface area contributed by atoms with Gasteiger partial charge >= 0.3 is 0 Å². The highest BCUT2D eigenvalue weighted by molar-refractivity contribution is 7.09. The average molecular weight is 346 g/mol. The standard InChI is InChI=1S/C18H22N2O3S/c1-13-20-17(12-24-13)18(21)19-10-14-3-2-4-15(9-14)11-23-16-5-7-22-8-6-16/h2-4,9,12,16H,5-8,10-11H2,1H3,(H,19,21). The number of amides is 1. The number of ether oxygens (including phenoxy) is 2. The number of nitrogens with zero attached hydrogens (tertiary/aromatic N) is 1. The zero-order valence-corrected chi connectivity index (χ0v) is 14.6. The Hall–Kier alpha value is -1.76. The first kappa shape index (κ1) is 17.1. The second-order valence-electron chi connectivity index (χ2n) is 5.88. The molecule has 5 nitrogen and oxygen atoms in total. The Balaban J connectivity index is 1.50. The van der Waals surface area contributed by atoms with Crippen molar-refractivity contribution in [1.82, 2.24) is 10.3 Å². The van der Waals surface area contributed by atoms with Crippen molar-refractivity contribution in [2.75, 3.05) is 13.2 Å². The largest absolute Gasteiger partial charge is 0.381 e. The van der Waals surface area contributed by atoms with Crippen molar-refractivity contribution in [3.8, 4) is 0 Å². The van der Waals surface area contributed by atoms with E-state index in [1.54, 1.807) is 5.38 Å². The maximum atomic E-state index is 12.0. The van der Waals surface area contributed by atoms with Crippen LogP contribution in [-0.2, 0) is 22.6 Å². The minimum absolute atomic E-state index is 0.136. The van der Waals surface area contributed by atoms with Gasteiger partial charge in [-0.05, 0) is 30.9 Å². The molecule has 6 heteroatoms. The fourth-order valence-electron chi connectivity index (χ4n) is 2.63. The fourth-order valence-corrected chi connectivity index (χ4v) is 3.22. The average Bonchev–Trinajstić information content (AvgIpc) is 3.06. The molecular weight excluding hydrogens is 324 g/mol. The molecule has 0 atom stereocenters. The summed E-state index contributed by atoms with van der Waals surface area (Å²) in [4.78, 5) is 16.2. The highest BCUT2D eigenvalue weighted by atomic mass is 32.1. The van der Waals surface area contributed by atoms with Gasteiger partial charge in [-0.25, -0.2) is 4.98 Å². The highest BCUT2D eigenvalue weighted by Crippen LogP contribution is 2.14. The summed E-state index contributed by atoms with van der Waals surface area (Å²) in [5, 5.41) is 5.59. The molecule has 1 aliphatic heterocycles. The third-order valence-corrected chi connectivity index (χ3v) is 4.72. The Morgan fingerprint density at radius 3 is 2.92 bits per heavy atom. The summed E-state index contributed by atoms with van der Waals surface area (Å²) in [6.07, 6.45) is 2.21. The molecule has 0 unspecified atom stereocenters. The van der Waals surface area contributed by atoms with Crippen LogP contribution in [0.15, 0.2) is 29.6 Å². The molecule has 0 aliphatic carbocycles. The van der Waals surface area contributed by atoms with Gasteiger partial charge in [0, 0.05) is 25.1 Å².